The first-order valence-electron chi connectivity index (χ1n) is 6.10. The van der Waals surface area contributed by atoms with Gasteiger partial charge < -0.3 is 5.11 Å². The van der Waals surface area contributed by atoms with E-state index in [1.165, 1.54) is 5.57 Å². The second-order valence-corrected chi connectivity index (χ2v) is 5.56. The molecule has 0 radical (unpaired) electrons. The molecule has 0 aromatic carbocycles. The zero-order valence-corrected chi connectivity index (χ0v) is 10.8. The molecule has 0 fully saturated rings. The first-order chi connectivity index (χ1) is 7.41. The van der Waals surface area contributed by atoms with Gasteiger partial charge in [0.1, 0.15) is 0 Å². The molecule has 16 heavy (non-hydrogen) atoms. The third-order valence-corrected chi connectivity index (χ3v) is 3.21. The largest absolute Gasteiger partial charge is 0.389 e. The summed E-state index contributed by atoms with van der Waals surface area (Å²) in [6.45, 7) is 10.6. The van der Waals surface area contributed by atoms with E-state index in [9.17, 15) is 5.11 Å². The minimum Gasteiger partial charge on any atom is -0.389 e. The van der Waals surface area contributed by atoms with Gasteiger partial charge >= 0.3 is 0 Å². The fourth-order valence-electron chi connectivity index (χ4n) is 1.84. The van der Waals surface area contributed by atoms with Gasteiger partial charge in [0, 0.05) is 0 Å². The molecule has 0 aromatic rings. The van der Waals surface area contributed by atoms with Crippen molar-refractivity contribution < 1.29 is 5.11 Å². The van der Waals surface area contributed by atoms with Gasteiger partial charge in [-0.1, -0.05) is 44.2 Å². The first-order valence-corrected chi connectivity index (χ1v) is 6.10. The lowest BCUT2D eigenvalue weighted by Crippen LogP contribution is -2.08. The minimum atomic E-state index is -0.353. The molecule has 1 heteroatoms. The van der Waals surface area contributed by atoms with Gasteiger partial charge in [0.25, 0.3) is 0 Å². The highest BCUT2D eigenvalue weighted by molar-refractivity contribution is 5.13. The maximum absolute atomic E-state index is 9.88. The monoisotopic (exact) mass is 220 g/mol. The topological polar surface area (TPSA) is 20.2 Å². The summed E-state index contributed by atoms with van der Waals surface area (Å²) in [6, 6.07) is 0. The number of allylic oxidation sites excluding steroid dienone is 4. The lowest BCUT2D eigenvalue weighted by molar-refractivity contribution is 0.199. The molecule has 0 aromatic heterocycles. The van der Waals surface area contributed by atoms with Crippen LogP contribution in [0.4, 0.5) is 0 Å². The molecule has 90 valence electrons. The van der Waals surface area contributed by atoms with Crippen molar-refractivity contribution in [3.8, 4) is 0 Å². The molecule has 1 atom stereocenters. The van der Waals surface area contributed by atoms with E-state index in [1.807, 2.05) is 0 Å². The summed E-state index contributed by atoms with van der Waals surface area (Å²) in [7, 11) is 0. The van der Waals surface area contributed by atoms with E-state index in [4.69, 9.17) is 0 Å². The molecule has 0 unspecified atom stereocenters. The highest BCUT2D eigenvalue weighted by Gasteiger charge is 2.14. The molecule has 1 N–H and O–H groups in total. The second kappa shape index (κ2) is 5.49. The van der Waals surface area contributed by atoms with Crippen molar-refractivity contribution in [1.82, 2.24) is 0 Å². The van der Waals surface area contributed by atoms with E-state index in [-0.39, 0.29) is 11.5 Å². The van der Waals surface area contributed by atoms with Crippen LogP contribution in [-0.4, -0.2) is 11.2 Å². The Kier molecular flexibility index (Phi) is 4.55. The van der Waals surface area contributed by atoms with Crippen molar-refractivity contribution >= 4 is 0 Å². The quantitative estimate of drug-likeness (QED) is 0.612. The molecule has 0 saturated heterocycles. The highest BCUT2D eigenvalue weighted by Crippen LogP contribution is 2.26. The van der Waals surface area contributed by atoms with Crippen molar-refractivity contribution in [2.24, 2.45) is 5.41 Å². The van der Waals surface area contributed by atoms with E-state index in [2.05, 4.69) is 45.6 Å². The van der Waals surface area contributed by atoms with E-state index >= 15 is 0 Å². The van der Waals surface area contributed by atoms with Crippen LogP contribution in [-0.2, 0) is 0 Å². The molecule has 0 aliphatic heterocycles. The summed E-state index contributed by atoms with van der Waals surface area (Å²) < 4.78 is 0. The SMILES string of the molecule is C=C1C/C=C/C(C)(C)C/C=C(\C)CC[C@@H]1O. The van der Waals surface area contributed by atoms with Crippen LogP contribution < -0.4 is 0 Å². The number of aliphatic hydroxyl groups is 1. The van der Waals surface area contributed by atoms with Crippen molar-refractivity contribution in [3.63, 3.8) is 0 Å². The van der Waals surface area contributed by atoms with Crippen molar-refractivity contribution in [2.75, 3.05) is 0 Å². The van der Waals surface area contributed by atoms with Crippen LogP contribution in [0, 0.1) is 5.41 Å². The minimum absolute atomic E-state index is 0.205. The van der Waals surface area contributed by atoms with Crippen molar-refractivity contribution in [2.45, 2.75) is 52.6 Å². The molecular formula is C15H24O. The maximum Gasteiger partial charge on any atom is 0.0753 e. The Hall–Kier alpha value is -0.820. The van der Waals surface area contributed by atoms with Crippen LogP contribution in [0.2, 0.25) is 0 Å². The van der Waals surface area contributed by atoms with E-state index < -0.39 is 0 Å². The van der Waals surface area contributed by atoms with Gasteiger partial charge in [0.2, 0.25) is 0 Å². The highest BCUT2D eigenvalue weighted by atomic mass is 16.3. The lowest BCUT2D eigenvalue weighted by Gasteiger charge is -2.18. The zero-order valence-electron chi connectivity index (χ0n) is 10.8. The summed E-state index contributed by atoms with van der Waals surface area (Å²) in [5, 5.41) is 9.88. The standard InChI is InChI=1S/C15H24O/c1-12-7-8-14(16)13(2)6-5-10-15(3,4)11-9-12/h5,9-10,14,16H,2,6-8,11H2,1,3-4H3/b10-5+,12-9+/t14-/m0/s1. The van der Waals surface area contributed by atoms with Crippen molar-refractivity contribution in [1.29, 1.82) is 0 Å². The summed E-state index contributed by atoms with van der Waals surface area (Å²) in [6.07, 6.45) is 9.95. The Morgan fingerprint density at radius 1 is 1.44 bits per heavy atom. The average molecular weight is 220 g/mol. The summed E-state index contributed by atoms with van der Waals surface area (Å²) >= 11 is 0. The smallest absolute Gasteiger partial charge is 0.0753 e. The summed E-state index contributed by atoms with van der Waals surface area (Å²) in [4.78, 5) is 0. The molecule has 0 spiro atoms. The van der Waals surface area contributed by atoms with Crippen LogP contribution >= 0.6 is 0 Å². The molecule has 0 saturated carbocycles. The Bertz CT molecular complexity index is 307. The van der Waals surface area contributed by atoms with Gasteiger partial charge in [-0.2, -0.15) is 0 Å². The molecule has 1 nitrogen and oxygen atoms in total. The molecule has 0 bridgehead atoms. The molecule has 0 heterocycles. The van der Waals surface area contributed by atoms with E-state index in [1.54, 1.807) is 0 Å². The van der Waals surface area contributed by atoms with Gasteiger partial charge in [0.05, 0.1) is 6.10 Å². The molecule has 1 rings (SSSR count). The van der Waals surface area contributed by atoms with Crippen molar-refractivity contribution in [3.05, 3.63) is 36.0 Å². The zero-order chi connectivity index (χ0) is 12.2. The Balaban J connectivity index is 2.81. The number of aliphatic hydroxyl groups excluding tert-OH is 1. The van der Waals surface area contributed by atoms with Gasteiger partial charge in [-0.05, 0) is 43.6 Å². The average Bonchev–Trinajstić information content (AvgIpc) is 2.23. The molecule has 0 amide bonds. The van der Waals surface area contributed by atoms with Gasteiger partial charge in [-0.3, -0.25) is 0 Å². The third-order valence-electron chi connectivity index (χ3n) is 3.21. The van der Waals surface area contributed by atoms with Crippen LogP contribution in [0.1, 0.15) is 46.5 Å². The van der Waals surface area contributed by atoms with Crippen LogP contribution in [0.5, 0.6) is 0 Å². The number of hydrogen-bond acceptors (Lipinski definition) is 1. The Labute approximate surface area is 99.6 Å². The predicted octanol–water partition coefficient (Wildman–Crippen LogP) is 4.01. The predicted molar refractivity (Wildman–Crippen MR) is 70.3 cm³/mol. The van der Waals surface area contributed by atoms with Gasteiger partial charge in [-0.15, -0.1) is 0 Å². The van der Waals surface area contributed by atoms with Crippen LogP contribution in [0.25, 0.3) is 0 Å². The molecular weight excluding hydrogens is 196 g/mol. The Morgan fingerprint density at radius 2 is 2.12 bits per heavy atom. The Morgan fingerprint density at radius 3 is 2.81 bits per heavy atom. The second-order valence-electron chi connectivity index (χ2n) is 5.56. The van der Waals surface area contributed by atoms with Crippen LogP contribution in [0.3, 0.4) is 0 Å². The summed E-state index contributed by atoms with van der Waals surface area (Å²) in [5.74, 6) is 0. The number of hydrogen-bond donors (Lipinski definition) is 1. The normalized spacial score (nSPS) is 32.4. The summed E-state index contributed by atoms with van der Waals surface area (Å²) in [5.41, 5.74) is 2.51. The number of rotatable bonds is 0. The van der Waals surface area contributed by atoms with E-state index in [0.717, 1.165) is 31.3 Å². The maximum atomic E-state index is 9.88. The third kappa shape index (κ3) is 4.36. The fourth-order valence-corrected chi connectivity index (χ4v) is 1.84. The van der Waals surface area contributed by atoms with Gasteiger partial charge in [-0.25, -0.2) is 0 Å². The van der Waals surface area contributed by atoms with Gasteiger partial charge in [0.15, 0.2) is 0 Å². The van der Waals surface area contributed by atoms with E-state index in [0.29, 0.717) is 0 Å². The first kappa shape index (κ1) is 13.2. The lowest BCUT2D eigenvalue weighted by atomic mass is 9.87. The van der Waals surface area contributed by atoms with Crippen LogP contribution in [0.15, 0.2) is 36.0 Å². The molecule has 1 aliphatic carbocycles. The molecule has 1 aliphatic rings. The fraction of sp³-hybridized carbons (Fsp3) is 0.600.